The van der Waals surface area contributed by atoms with E-state index in [9.17, 15) is 14.4 Å². The summed E-state index contributed by atoms with van der Waals surface area (Å²) in [5, 5.41) is 0. The first kappa shape index (κ1) is 17.2. The Morgan fingerprint density at radius 2 is 1.86 bits per heavy atom. The largest absolute Gasteiger partial charge is 0.519 e. The Morgan fingerprint density at radius 3 is 2.33 bits per heavy atom. The third-order valence-electron chi connectivity index (χ3n) is 3.36. The van der Waals surface area contributed by atoms with E-state index in [0.717, 1.165) is 0 Å². The maximum absolute atomic E-state index is 12.1. The number of rotatable bonds is 7. The lowest BCUT2D eigenvalue weighted by Gasteiger charge is -2.22. The van der Waals surface area contributed by atoms with Gasteiger partial charge in [-0.05, 0) is 27.2 Å². The van der Waals surface area contributed by atoms with E-state index in [2.05, 4.69) is 4.42 Å². The van der Waals surface area contributed by atoms with E-state index in [4.69, 9.17) is 9.15 Å². The van der Waals surface area contributed by atoms with Gasteiger partial charge in [0.05, 0.1) is 5.41 Å². The molecule has 0 spiro atoms. The van der Waals surface area contributed by atoms with Crippen molar-refractivity contribution >= 4 is 11.8 Å². The van der Waals surface area contributed by atoms with Gasteiger partial charge in [-0.15, -0.1) is 0 Å². The summed E-state index contributed by atoms with van der Waals surface area (Å²) in [4.78, 5) is 34.6. The molecule has 0 radical (unpaired) electrons. The predicted octanol–water partition coefficient (Wildman–Crippen LogP) is 2.62. The van der Waals surface area contributed by atoms with Crippen molar-refractivity contribution in [1.82, 2.24) is 0 Å². The van der Waals surface area contributed by atoms with Crippen molar-refractivity contribution in [2.75, 3.05) is 0 Å². The second-order valence-electron chi connectivity index (χ2n) is 6.01. The highest BCUT2D eigenvalue weighted by molar-refractivity contribution is 5.82. The Kier molecular flexibility index (Phi) is 5.52. The summed E-state index contributed by atoms with van der Waals surface area (Å²) in [5.74, 6) is -0.696. The van der Waals surface area contributed by atoms with Gasteiger partial charge in [0.25, 0.3) is 0 Å². The molecule has 6 heteroatoms. The van der Waals surface area contributed by atoms with Gasteiger partial charge < -0.3 is 13.6 Å². The Hall–Kier alpha value is -1.85. The normalized spacial score (nSPS) is 11.7. The predicted molar refractivity (Wildman–Crippen MR) is 74.6 cm³/mol. The molecule has 0 aliphatic heterocycles. The molecule has 118 valence electrons. The minimum Gasteiger partial charge on any atom is -0.457 e. The highest BCUT2D eigenvalue weighted by Gasteiger charge is 2.30. The van der Waals surface area contributed by atoms with Crippen molar-refractivity contribution in [3.05, 3.63) is 22.1 Å². The van der Waals surface area contributed by atoms with Crippen LogP contribution in [0.25, 0.3) is 0 Å². The van der Waals surface area contributed by atoms with Gasteiger partial charge in [-0.3, -0.25) is 9.59 Å². The first-order valence-corrected chi connectivity index (χ1v) is 6.93. The third-order valence-corrected chi connectivity index (χ3v) is 3.36. The van der Waals surface area contributed by atoms with Crippen LogP contribution >= 0.6 is 0 Å². The van der Waals surface area contributed by atoms with E-state index in [1.165, 1.54) is 0 Å². The molecule has 1 rings (SSSR count). The van der Waals surface area contributed by atoms with Crippen LogP contribution in [0.4, 0.5) is 0 Å². The summed E-state index contributed by atoms with van der Waals surface area (Å²) in [6.07, 6.45) is 0.747. The van der Waals surface area contributed by atoms with E-state index in [-0.39, 0.29) is 24.1 Å². The monoisotopic (exact) mass is 298 g/mol. The zero-order valence-electron chi connectivity index (χ0n) is 13.1. The molecular weight excluding hydrogens is 276 g/mol. The molecule has 1 aromatic heterocycles. The van der Waals surface area contributed by atoms with Gasteiger partial charge in [-0.1, -0.05) is 13.8 Å². The molecule has 0 fully saturated rings. The summed E-state index contributed by atoms with van der Waals surface area (Å²) >= 11 is 0. The smallest absolute Gasteiger partial charge is 0.457 e. The van der Waals surface area contributed by atoms with Gasteiger partial charge in [-0.2, -0.15) is 0 Å². The molecule has 1 aromatic rings. The van der Waals surface area contributed by atoms with Crippen LogP contribution in [0.1, 0.15) is 52.1 Å². The zero-order valence-corrected chi connectivity index (χ0v) is 13.1. The van der Waals surface area contributed by atoms with Gasteiger partial charge in [0.2, 0.25) is 0 Å². The van der Waals surface area contributed by atoms with Gasteiger partial charge in [0.15, 0.2) is 18.1 Å². The number of aryl methyl sites for hydroxylation is 1. The van der Waals surface area contributed by atoms with Crippen molar-refractivity contribution < 1.29 is 23.2 Å². The molecule has 0 aromatic carbocycles. The number of esters is 1. The summed E-state index contributed by atoms with van der Waals surface area (Å²) in [7, 11) is 0. The molecular formula is C15H22O6. The van der Waals surface area contributed by atoms with Gasteiger partial charge in [-0.25, -0.2) is 4.79 Å². The van der Waals surface area contributed by atoms with Crippen LogP contribution < -0.4 is 5.82 Å². The Labute approximate surface area is 123 Å². The average Bonchev–Trinajstić information content (AvgIpc) is 2.71. The summed E-state index contributed by atoms with van der Waals surface area (Å²) in [6, 6.07) is 0. The molecule has 0 atom stereocenters. The number of hydrogen-bond acceptors (Lipinski definition) is 6. The van der Waals surface area contributed by atoms with E-state index < -0.39 is 17.2 Å². The van der Waals surface area contributed by atoms with Crippen LogP contribution in [0.2, 0.25) is 0 Å². The molecule has 0 saturated carbocycles. The van der Waals surface area contributed by atoms with Crippen LogP contribution in [0.15, 0.2) is 13.6 Å². The van der Waals surface area contributed by atoms with Crippen molar-refractivity contribution in [2.24, 2.45) is 11.3 Å². The first-order chi connectivity index (χ1) is 9.63. The van der Waals surface area contributed by atoms with E-state index in [1.807, 2.05) is 13.8 Å². The van der Waals surface area contributed by atoms with E-state index in [1.54, 1.807) is 20.8 Å². The summed E-state index contributed by atoms with van der Waals surface area (Å²) < 4.78 is 14.6. The molecule has 6 nitrogen and oxygen atoms in total. The van der Waals surface area contributed by atoms with Gasteiger partial charge in [0, 0.05) is 12.3 Å². The van der Waals surface area contributed by atoms with Crippen molar-refractivity contribution in [3.8, 4) is 0 Å². The SMILES string of the molecule is Cc1oc(=O)oc1COC(=O)C(C)(C)CCC(=O)C(C)C. The lowest BCUT2D eigenvalue weighted by molar-refractivity contribution is -0.156. The van der Waals surface area contributed by atoms with Crippen molar-refractivity contribution in [3.63, 3.8) is 0 Å². The van der Waals surface area contributed by atoms with Crippen LogP contribution in [0.3, 0.4) is 0 Å². The molecule has 21 heavy (non-hydrogen) atoms. The quantitative estimate of drug-likeness (QED) is 0.719. The molecule has 0 aliphatic carbocycles. The molecule has 0 aliphatic rings. The van der Waals surface area contributed by atoms with Crippen LogP contribution in [0, 0.1) is 18.3 Å². The van der Waals surface area contributed by atoms with E-state index in [0.29, 0.717) is 18.6 Å². The number of ketones is 1. The lowest BCUT2D eigenvalue weighted by atomic mass is 9.86. The molecule has 0 amide bonds. The minimum atomic E-state index is -0.819. The Morgan fingerprint density at radius 1 is 1.24 bits per heavy atom. The Bertz CT molecular complexity index is 561. The standard InChI is InChI=1S/C15H22O6/c1-9(2)11(16)6-7-15(4,5)13(17)19-8-12-10(3)20-14(18)21-12/h9H,6-8H2,1-5H3. The number of carbonyl (C=O) groups excluding carboxylic acids is 2. The highest BCUT2D eigenvalue weighted by atomic mass is 16.6. The van der Waals surface area contributed by atoms with Crippen LogP contribution in [0.5, 0.6) is 0 Å². The number of hydrogen-bond donors (Lipinski definition) is 0. The minimum absolute atomic E-state index is 0.0420. The Balaban J connectivity index is 2.55. The van der Waals surface area contributed by atoms with Gasteiger partial charge in [0.1, 0.15) is 5.78 Å². The second-order valence-corrected chi connectivity index (χ2v) is 6.01. The average molecular weight is 298 g/mol. The lowest BCUT2D eigenvalue weighted by Crippen LogP contribution is -2.28. The topological polar surface area (TPSA) is 86.7 Å². The maximum Gasteiger partial charge on any atom is 0.519 e. The first-order valence-electron chi connectivity index (χ1n) is 6.93. The molecule has 0 unspecified atom stereocenters. The summed E-state index contributed by atoms with van der Waals surface area (Å²) in [5.41, 5.74) is -0.775. The van der Waals surface area contributed by atoms with Crippen molar-refractivity contribution in [2.45, 2.75) is 54.1 Å². The molecule has 0 bridgehead atoms. The highest BCUT2D eigenvalue weighted by Crippen LogP contribution is 2.26. The second kappa shape index (κ2) is 6.74. The zero-order chi connectivity index (χ0) is 16.2. The van der Waals surface area contributed by atoms with Gasteiger partial charge >= 0.3 is 11.8 Å². The van der Waals surface area contributed by atoms with Crippen LogP contribution in [-0.4, -0.2) is 11.8 Å². The summed E-state index contributed by atoms with van der Waals surface area (Å²) in [6.45, 7) is 8.51. The fourth-order valence-electron chi connectivity index (χ4n) is 1.66. The number of carbonyl (C=O) groups is 2. The molecule has 0 N–H and O–H groups in total. The van der Waals surface area contributed by atoms with Crippen LogP contribution in [-0.2, 0) is 20.9 Å². The van der Waals surface area contributed by atoms with E-state index >= 15 is 0 Å². The number of Topliss-reactive ketones (excluding diaryl/α,β-unsaturated/α-hetero) is 1. The fraction of sp³-hybridized carbons (Fsp3) is 0.667. The third kappa shape index (κ3) is 4.88. The number of ether oxygens (including phenoxy) is 1. The fourth-order valence-corrected chi connectivity index (χ4v) is 1.66. The van der Waals surface area contributed by atoms with Crippen molar-refractivity contribution in [1.29, 1.82) is 0 Å². The molecule has 0 saturated heterocycles. The molecule has 1 heterocycles. The maximum atomic E-state index is 12.1.